The Hall–Kier alpha value is -2.43. The maximum absolute atomic E-state index is 11.5. The van der Waals surface area contributed by atoms with Gasteiger partial charge in [-0.1, -0.05) is 19.1 Å². The number of anilines is 1. The van der Waals surface area contributed by atoms with Crippen molar-refractivity contribution in [1.82, 2.24) is 0 Å². The van der Waals surface area contributed by atoms with Gasteiger partial charge in [0.25, 0.3) is 11.8 Å². The van der Waals surface area contributed by atoms with E-state index >= 15 is 0 Å². The molecule has 19 heavy (non-hydrogen) atoms. The molecule has 0 fully saturated rings. The molecule has 0 saturated heterocycles. The monoisotopic (exact) mass is 259 g/mol. The Morgan fingerprint density at radius 1 is 1.16 bits per heavy atom. The first kappa shape index (κ1) is 13.0. The van der Waals surface area contributed by atoms with Crippen LogP contribution in [0.25, 0.3) is 0 Å². The zero-order chi connectivity index (χ0) is 14.0. The number of rotatable bonds is 4. The van der Waals surface area contributed by atoms with Crippen LogP contribution in [-0.2, 0) is 14.4 Å². The van der Waals surface area contributed by atoms with Gasteiger partial charge >= 0.3 is 5.97 Å². The number of carboxylic acid groups (broad SMARTS) is 1. The van der Waals surface area contributed by atoms with Crippen molar-refractivity contribution >= 4 is 23.5 Å². The highest BCUT2D eigenvalue weighted by Crippen LogP contribution is 2.24. The number of nitrogens with zero attached hydrogens (tertiary/aromatic N) is 1. The first-order valence-electron chi connectivity index (χ1n) is 5.87. The second-order valence-corrected chi connectivity index (χ2v) is 4.44. The molecule has 2 amide bonds. The van der Waals surface area contributed by atoms with E-state index in [2.05, 4.69) is 0 Å². The third kappa shape index (κ3) is 2.70. The minimum absolute atomic E-state index is 0.0441. The van der Waals surface area contributed by atoms with Gasteiger partial charge in [-0.2, -0.15) is 0 Å². The fraction of sp³-hybridized carbons (Fsp3) is 0.214. The van der Waals surface area contributed by atoms with Crippen LogP contribution in [0.4, 0.5) is 5.69 Å². The predicted octanol–water partition coefficient (Wildman–Crippen LogP) is 1.69. The lowest BCUT2D eigenvalue weighted by Crippen LogP contribution is -2.29. The Balaban J connectivity index is 2.17. The van der Waals surface area contributed by atoms with Crippen molar-refractivity contribution in [3.8, 4) is 0 Å². The molecule has 0 radical (unpaired) electrons. The van der Waals surface area contributed by atoms with E-state index in [1.807, 2.05) is 6.92 Å². The zero-order valence-corrected chi connectivity index (χ0v) is 10.4. The van der Waals surface area contributed by atoms with E-state index in [0.717, 1.165) is 10.5 Å². The van der Waals surface area contributed by atoms with Crippen LogP contribution >= 0.6 is 0 Å². The molecule has 0 saturated carbocycles. The van der Waals surface area contributed by atoms with Crippen LogP contribution in [0.15, 0.2) is 36.4 Å². The van der Waals surface area contributed by atoms with E-state index in [9.17, 15) is 14.4 Å². The summed E-state index contributed by atoms with van der Waals surface area (Å²) in [7, 11) is 0. The normalized spacial score (nSPS) is 15.9. The van der Waals surface area contributed by atoms with E-state index in [4.69, 9.17) is 5.11 Å². The maximum Gasteiger partial charge on any atom is 0.303 e. The summed E-state index contributed by atoms with van der Waals surface area (Å²) in [6.45, 7) is 1.82. The number of carbonyl (C=O) groups excluding carboxylic acids is 2. The van der Waals surface area contributed by atoms with Gasteiger partial charge in [0.2, 0.25) is 0 Å². The summed E-state index contributed by atoms with van der Waals surface area (Å²) < 4.78 is 0. The van der Waals surface area contributed by atoms with Crippen LogP contribution in [0, 0.1) is 0 Å². The molecular formula is C14H13NO4. The Morgan fingerprint density at radius 2 is 1.68 bits per heavy atom. The molecule has 0 aromatic heterocycles. The zero-order valence-electron chi connectivity index (χ0n) is 10.4. The van der Waals surface area contributed by atoms with Crippen molar-refractivity contribution in [3.05, 3.63) is 42.0 Å². The molecule has 2 rings (SSSR count). The molecule has 1 N–H and O–H groups in total. The summed E-state index contributed by atoms with van der Waals surface area (Å²) in [5.74, 6) is -1.70. The molecule has 1 aliphatic heterocycles. The summed E-state index contributed by atoms with van der Waals surface area (Å²) in [4.78, 5) is 34.7. The third-order valence-corrected chi connectivity index (χ3v) is 3.01. The fourth-order valence-electron chi connectivity index (χ4n) is 1.99. The van der Waals surface area contributed by atoms with Crippen LogP contribution < -0.4 is 4.90 Å². The maximum atomic E-state index is 11.5. The number of hydrogen-bond acceptors (Lipinski definition) is 3. The summed E-state index contributed by atoms with van der Waals surface area (Å²) in [6, 6.07) is 6.77. The Morgan fingerprint density at radius 3 is 2.16 bits per heavy atom. The number of amides is 2. The first-order chi connectivity index (χ1) is 8.99. The van der Waals surface area contributed by atoms with Gasteiger partial charge in [0.1, 0.15) is 0 Å². The van der Waals surface area contributed by atoms with Crippen molar-refractivity contribution in [2.45, 2.75) is 19.3 Å². The summed E-state index contributed by atoms with van der Waals surface area (Å²) in [5.41, 5.74) is 1.35. The van der Waals surface area contributed by atoms with Gasteiger partial charge in [-0.25, -0.2) is 4.90 Å². The second kappa shape index (κ2) is 5.06. The van der Waals surface area contributed by atoms with Gasteiger partial charge in [0.05, 0.1) is 12.1 Å². The number of imide groups is 1. The van der Waals surface area contributed by atoms with Crippen molar-refractivity contribution < 1.29 is 19.5 Å². The van der Waals surface area contributed by atoms with Crippen molar-refractivity contribution in [3.63, 3.8) is 0 Å². The number of carbonyl (C=O) groups is 3. The lowest BCUT2D eigenvalue weighted by molar-refractivity contribution is -0.137. The van der Waals surface area contributed by atoms with E-state index < -0.39 is 5.97 Å². The largest absolute Gasteiger partial charge is 0.481 e. The molecule has 1 atom stereocenters. The Labute approximate surface area is 110 Å². The van der Waals surface area contributed by atoms with Crippen LogP contribution in [0.3, 0.4) is 0 Å². The first-order valence-corrected chi connectivity index (χ1v) is 5.87. The van der Waals surface area contributed by atoms with Gasteiger partial charge in [-0.3, -0.25) is 14.4 Å². The summed E-state index contributed by atoms with van der Waals surface area (Å²) in [6.07, 6.45) is 2.50. The predicted molar refractivity (Wildman–Crippen MR) is 68.7 cm³/mol. The van der Waals surface area contributed by atoms with Gasteiger partial charge < -0.3 is 5.11 Å². The van der Waals surface area contributed by atoms with Crippen molar-refractivity contribution in [1.29, 1.82) is 0 Å². The average molecular weight is 259 g/mol. The third-order valence-electron chi connectivity index (χ3n) is 3.01. The smallest absolute Gasteiger partial charge is 0.303 e. The van der Waals surface area contributed by atoms with Crippen molar-refractivity contribution in [2.24, 2.45) is 0 Å². The fourth-order valence-corrected chi connectivity index (χ4v) is 1.99. The standard InChI is InChI=1S/C14H13NO4/c1-9(8-14(18)19)10-2-4-11(5-3-10)15-12(16)6-7-13(15)17/h2-7,9H,8H2,1H3,(H,18,19). The quantitative estimate of drug-likeness (QED) is 0.835. The highest BCUT2D eigenvalue weighted by molar-refractivity contribution is 6.28. The molecular weight excluding hydrogens is 246 g/mol. The minimum atomic E-state index is -0.856. The molecule has 1 aromatic rings. The van der Waals surface area contributed by atoms with Gasteiger partial charge in [-0.15, -0.1) is 0 Å². The van der Waals surface area contributed by atoms with Crippen molar-refractivity contribution in [2.75, 3.05) is 4.90 Å². The molecule has 5 nitrogen and oxygen atoms in total. The van der Waals surface area contributed by atoms with E-state index in [0.29, 0.717) is 5.69 Å². The second-order valence-electron chi connectivity index (χ2n) is 4.44. The Bertz CT molecular complexity index is 541. The summed E-state index contributed by atoms with van der Waals surface area (Å²) in [5, 5.41) is 8.74. The lowest BCUT2D eigenvalue weighted by atomic mass is 9.97. The van der Waals surface area contributed by atoms with E-state index in [1.165, 1.54) is 12.2 Å². The Kier molecular flexibility index (Phi) is 3.46. The SMILES string of the molecule is CC(CC(=O)O)c1ccc(N2C(=O)C=CC2=O)cc1. The molecule has 0 aliphatic carbocycles. The summed E-state index contributed by atoms with van der Waals surface area (Å²) >= 11 is 0. The molecule has 1 aliphatic rings. The van der Waals surface area contributed by atoms with Gasteiger partial charge in [0, 0.05) is 12.2 Å². The van der Waals surface area contributed by atoms with E-state index in [1.54, 1.807) is 24.3 Å². The number of carboxylic acids is 1. The number of hydrogen-bond donors (Lipinski definition) is 1. The molecule has 5 heteroatoms. The minimum Gasteiger partial charge on any atom is -0.481 e. The number of benzene rings is 1. The molecule has 0 spiro atoms. The van der Waals surface area contributed by atoms with Crippen LogP contribution in [0.1, 0.15) is 24.8 Å². The van der Waals surface area contributed by atoms with Gasteiger partial charge in [0.15, 0.2) is 0 Å². The molecule has 1 heterocycles. The molecule has 1 aromatic carbocycles. The van der Waals surface area contributed by atoms with Crippen LogP contribution in [0.2, 0.25) is 0 Å². The lowest BCUT2D eigenvalue weighted by Gasteiger charge is -2.15. The topological polar surface area (TPSA) is 74.7 Å². The van der Waals surface area contributed by atoms with Crippen LogP contribution in [-0.4, -0.2) is 22.9 Å². The number of aliphatic carboxylic acids is 1. The van der Waals surface area contributed by atoms with Gasteiger partial charge in [-0.05, 0) is 23.6 Å². The van der Waals surface area contributed by atoms with Crippen LogP contribution in [0.5, 0.6) is 0 Å². The molecule has 98 valence electrons. The highest BCUT2D eigenvalue weighted by atomic mass is 16.4. The van der Waals surface area contributed by atoms with E-state index in [-0.39, 0.29) is 24.2 Å². The molecule has 0 bridgehead atoms. The highest BCUT2D eigenvalue weighted by Gasteiger charge is 2.25. The average Bonchev–Trinajstić information content (AvgIpc) is 2.68. The molecule has 1 unspecified atom stereocenters.